The maximum atomic E-state index is 5.42. The van der Waals surface area contributed by atoms with E-state index in [0.29, 0.717) is 6.04 Å². The summed E-state index contributed by atoms with van der Waals surface area (Å²) in [5.41, 5.74) is 1.13. The highest BCUT2D eigenvalue weighted by Gasteiger charge is 2.24. The molecular formula is C23H40IN5O2. The number of anilines is 1. The van der Waals surface area contributed by atoms with Gasteiger partial charge >= 0.3 is 0 Å². The predicted molar refractivity (Wildman–Crippen MR) is 140 cm³/mol. The number of piperidine rings is 1. The third-order valence-corrected chi connectivity index (χ3v) is 6.14. The number of guanidine groups is 1. The number of benzene rings is 1. The summed E-state index contributed by atoms with van der Waals surface area (Å²) in [5.74, 6) is 3.38. The Morgan fingerprint density at radius 1 is 1.10 bits per heavy atom. The number of hydrogen-bond acceptors (Lipinski definition) is 5. The van der Waals surface area contributed by atoms with Crippen molar-refractivity contribution >= 4 is 35.6 Å². The smallest absolute Gasteiger partial charge is 0.191 e. The molecule has 2 atom stereocenters. The molecule has 8 heteroatoms. The van der Waals surface area contributed by atoms with E-state index in [1.54, 1.807) is 14.2 Å². The Bertz CT molecular complexity index is 680. The Morgan fingerprint density at radius 3 is 2.48 bits per heavy atom. The lowest BCUT2D eigenvalue weighted by molar-refractivity contribution is 0.182. The van der Waals surface area contributed by atoms with Crippen LogP contribution in [-0.2, 0) is 0 Å². The maximum Gasteiger partial charge on any atom is 0.191 e. The molecule has 0 bridgehead atoms. The molecule has 2 N–H and O–H groups in total. The largest absolute Gasteiger partial charge is 0.497 e. The van der Waals surface area contributed by atoms with Crippen molar-refractivity contribution in [1.82, 2.24) is 15.5 Å². The Balaban J connectivity index is 0.00000341. The molecule has 2 aliphatic heterocycles. The van der Waals surface area contributed by atoms with E-state index in [0.717, 1.165) is 61.5 Å². The minimum atomic E-state index is 0. The van der Waals surface area contributed by atoms with Crippen molar-refractivity contribution in [2.45, 2.75) is 38.6 Å². The number of nitrogens with zero attached hydrogens (tertiary/aromatic N) is 3. The van der Waals surface area contributed by atoms with E-state index in [2.05, 4.69) is 44.5 Å². The Labute approximate surface area is 205 Å². The summed E-state index contributed by atoms with van der Waals surface area (Å²) in [6.45, 7) is 8.92. The standard InChI is InChI=1S/C23H39N5O2.HI/c1-18-7-5-10-27(16-18)11-6-9-25-23(24-2)26-19-8-12-28(17-19)20-13-21(29-3)15-22(14-20)30-4;/h13-15,18-19H,5-12,16-17H2,1-4H3,(H2,24,25,26);1H. The number of likely N-dealkylation sites (tertiary alicyclic amines) is 1. The summed E-state index contributed by atoms with van der Waals surface area (Å²) in [6, 6.07) is 6.42. The Kier molecular flexibility index (Phi) is 11.0. The highest BCUT2D eigenvalue weighted by molar-refractivity contribution is 14.0. The summed E-state index contributed by atoms with van der Waals surface area (Å²) in [4.78, 5) is 9.39. The molecule has 31 heavy (non-hydrogen) atoms. The molecule has 2 fully saturated rings. The first-order chi connectivity index (χ1) is 14.6. The zero-order chi connectivity index (χ0) is 21.3. The lowest BCUT2D eigenvalue weighted by Crippen LogP contribution is -2.45. The van der Waals surface area contributed by atoms with Crippen molar-refractivity contribution in [3.05, 3.63) is 18.2 Å². The van der Waals surface area contributed by atoms with Crippen LogP contribution in [0.3, 0.4) is 0 Å². The van der Waals surface area contributed by atoms with Crippen LogP contribution in [-0.4, -0.2) is 77.4 Å². The van der Waals surface area contributed by atoms with Crippen molar-refractivity contribution in [3.8, 4) is 11.5 Å². The van der Waals surface area contributed by atoms with Gasteiger partial charge in [-0.25, -0.2) is 0 Å². The van der Waals surface area contributed by atoms with Gasteiger partial charge in [0.15, 0.2) is 5.96 Å². The molecule has 1 aromatic rings. The van der Waals surface area contributed by atoms with E-state index in [-0.39, 0.29) is 24.0 Å². The minimum Gasteiger partial charge on any atom is -0.497 e. The zero-order valence-electron chi connectivity index (χ0n) is 19.5. The van der Waals surface area contributed by atoms with Crippen LogP contribution in [0.5, 0.6) is 11.5 Å². The SMILES string of the molecule is CN=C(NCCCN1CCCC(C)C1)NC1CCN(c2cc(OC)cc(OC)c2)C1.I. The molecule has 1 aromatic carbocycles. The van der Waals surface area contributed by atoms with E-state index in [1.165, 1.54) is 32.5 Å². The summed E-state index contributed by atoms with van der Waals surface area (Å²) in [7, 11) is 5.23. The molecule has 2 saturated heterocycles. The zero-order valence-corrected chi connectivity index (χ0v) is 21.9. The fourth-order valence-electron chi connectivity index (χ4n) is 4.47. The molecular weight excluding hydrogens is 505 g/mol. The highest BCUT2D eigenvalue weighted by Crippen LogP contribution is 2.30. The minimum absolute atomic E-state index is 0. The van der Waals surface area contributed by atoms with E-state index >= 15 is 0 Å². The van der Waals surface area contributed by atoms with Gasteiger partial charge in [-0.05, 0) is 44.7 Å². The maximum absolute atomic E-state index is 5.42. The van der Waals surface area contributed by atoms with Gasteiger partial charge in [-0.3, -0.25) is 4.99 Å². The number of hydrogen-bond donors (Lipinski definition) is 2. The molecule has 0 saturated carbocycles. The number of rotatable bonds is 8. The molecule has 0 spiro atoms. The lowest BCUT2D eigenvalue weighted by atomic mass is 10.0. The number of halogens is 1. The first-order valence-electron chi connectivity index (χ1n) is 11.3. The van der Waals surface area contributed by atoms with Gasteiger partial charge in [0, 0.05) is 63.2 Å². The van der Waals surface area contributed by atoms with Crippen LogP contribution in [0.2, 0.25) is 0 Å². The Hall–Kier alpha value is -1.42. The van der Waals surface area contributed by atoms with Crippen LogP contribution in [0.25, 0.3) is 0 Å². The van der Waals surface area contributed by atoms with Crippen molar-refractivity contribution in [2.75, 3.05) is 65.4 Å². The molecule has 0 amide bonds. The second kappa shape index (κ2) is 13.2. The fraction of sp³-hybridized carbons (Fsp3) is 0.696. The summed E-state index contributed by atoms with van der Waals surface area (Å²) in [6.07, 6.45) is 4.95. The van der Waals surface area contributed by atoms with Crippen molar-refractivity contribution in [2.24, 2.45) is 10.9 Å². The monoisotopic (exact) mass is 545 g/mol. The van der Waals surface area contributed by atoms with E-state index in [1.807, 2.05) is 13.1 Å². The van der Waals surface area contributed by atoms with Gasteiger partial charge in [0.05, 0.1) is 14.2 Å². The predicted octanol–water partition coefficient (Wildman–Crippen LogP) is 3.19. The molecule has 0 aliphatic carbocycles. The third kappa shape index (κ3) is 7.89. The fourth-order valence-corrected chi connectivity index (χ4v) is 4.47. The van der Waals surface area contributed by atoms with Crippen molar-refractivity contribution < 1.29 is 9.47 Å². The van der Waals surface area contributed by atoms with E-state index in [9.17, 15) is 0 Å². The molecule has 0 aromatic heterocycles. The second-order valence-corrected chi connectivity index (χ2v) is 8.55. The van der Waals surface area contributed by atoms with Crippen LogP contribution in [0.15, 0.2) is 23.2 Å². The first-order valence-corrected chi connectivity index (χ1v) is 11.3. The van der Waals surface area contributed by atoms with Crippen LogP contribution < -0.4 is 25.0 Å². The number of nitrogens with one attached hydrogen (secondary N) is 2. The number of aliphatic imine (C=N–C) groups is 1. The van der Waals surface area contributed by atoms with Crippen LogP contribution >= 0.6 is 24.0 Å². The quantitative estimate of drug-likeness (QED) is 0.227. The van der Waals surface area contributed by atoms with Crippen LogP contribution in [0.1, 0.15) is 32.6 Å². The highest BCUT2D eigenvalue weighted by atomic mass is 127. The average molecular weight is 546 g/mol. The van der Waals surface area contributed by atoms with Gasteiger partial charge in [-0.1, -0.05) is 6.92 Å². The van der Waals surface area contributed by atoms with E-state index in [4.69, 9.17) is 9.47 Å². The average Bonchev–Trinajstić information content (AvgIpc) is 3.24. The van der Waals surface area contributed by atoms with Gasteiger partial charge in [0.2, 0.25) is 0 Å². The topological polar surface area (TPSA) is 61.4 Å². The van der Waals surface area contributed by atoms with Crippen molar-refractivity contribution in [1.29, 1.82) is 0 Å². The van der Waals surface area contributed by atoms with E-state index < -0.39 is 0 Å². The summed E-state index contributed by atoms with van der Waals surface area (Å²) < 4.78 is 10.8. The van der Waals surface area contributed by atoms with Crippen LogP contribution in [0.4, 0.5) is 5.69 Å². The number of methoxy groups -OCH3 is 2. The molecule has 7 nitrogen and oxygen atoms in total. The van der Waals surface area contributed by atoms with Gasteiger partial charge in [-0.15, -0.1) is 24.0 Å². The van der Waals surface area contributed by atoms with Gasteiger partial charge in [0.25, 0.3) is 0 Å². The van der Waals surface area contributed by atoms with Gasteiger partial charge in [0.1, 0.15) is 11.5 Å². The lowest BCUT2D eigenvalue weighted by Gasteiger charge is -2.30. The third-order valence-electron chi connectivity index (χ3n) is 6.14. The second-order valence-electron chi connectivity index (χ2n) is 8.55. The molecule has 2 unspecified atom stereocenters. The molecule has 176 valence electrons. The van der Waals surface area contributed by atoms with Crippen LogP contribution in [0, 0.1) is 5.92 Å². The normalized spacial score (nSPS) is 22.1. The molecule has 0 radical (unpaired) electrons. The molecule has 3 rings (SSSR count). The van der Waals surface area contributed by atoms with Gasteiger partial charge < -0.3 is 29.9 Å². The number of ether oxygens (including phenoxy) is 2. The van der Waals surface area contributed by atoms with Crippen molar-refractivity contribution in [3.63, 3.8) is 0 Å². The molecule has 2 aliphatic rings. The first kappa shape index (κ1) is 25.8. The summed E-state index contributed by atoms with van der Waals surface area (Å²) in [5, 5.41) is 7.08. The summed E-state index contributed by atoms with van der Waals surface area (Å²) >= 11 is 0. The Morgan fingerprint density at radius 2 is 1.84 bits per heavy atom. The molecule has 2 heterocycles. The van der Waals surface area contributed by atoms with Gasteiger partial charge in [-0.2, -0.15) is 0 Å².